The molecular formula is C7H12O2. The zero-order chi connectivity index (χ0) is 7.28. The lowest BCUT2D eigenvalue weighted by atomic mass is 10.4. The SMILES string of the molecule is C=C(OC)/C(=C\C)OC. The highest BCUT2D eigenvalue weighted by Gasteiger charge is 1.97. The van der Waals surface area contributed by atoms with E-state index >= 15 is 0 Å². The van der Waals surface area contributed by atoms with Gasteiger partial charge in [0.2, 0.25) is 0 Å². The van der Waals surface area contributed by atoms with Crippen LogP contribution < -0.4 is 0 Å². The molecule has 9 heavy (non-hydrogen) atoms. The zero-order valence-corrected chi connectivity index (χ0v) is 6.10. The summed E-state index contributed by atoms with van der Waals surface area (Å²) in [7, 11) is 3.14. The van der Waals surface area contributed by atoms with E-state index in [4.69, 9.17) is 9.47 Å². The number of hydrogen-bond acceptors (Lipinski definition) is 2. The Balaban J connectivity index is 3.97. The Bertz CT molecular complexity index is 125. The van der Waals surface area contributed by atoms with Crippen LogP contribution in [0.4, 0.5) is 0 Å². The Morgan fingerprint density at radius 1 is 1.33 bits per heavy atom. The van der Waals surface area contributed by atoms with E-state index in [0.29, 0.717) is 11.5 Å². The minimum atomic E-state index is 0.556. The van der Waals surface area contributed by atoms with Gasteiger partial charge >= 0.3 is 0 Å². The van der Waals surface area contributed by atoms with Crippen molar-refractivity contribution in [3.8, 4) is 0 Å². The van der Waals surface area contributed by atoms with Crippen LogP contribution in [0.15, 0.2) is 24.2 Å². The number of rotatable bonds is 3. The number of allylic oxidation sites excluding steroid dienone is 1. The summed E-state index contributed by atoms with van der Waals surface area (Å²) in [6.07, 6.45) is 1.80. The van der Waals surface area contributed by atoms with Crippen LogP contribution in [-0.2, 0) is 9.47 Å². The van der Waals surface area contributed by atoms with E-state index < -0.39 is 0 Å². The van der Waals surface area contributed by atoms with Gasteiger partial charge in [-0.1, -0.05) is 6.58 Å². The van der Waals surface area contributed by atoms with E-state index in [1.165, 1.54) is 0 Å². The van der Waals surface area contributed by atoms with Crippen molar-refractivity contribution in [2.24, 2.45) is 0 Å². The normalized spacial score (nSPS) is 10.8. The lowest BCUT2D eigenvalue weighted by Gasteiger charge is -2.05. The standard InChI is InChI=1S/C7H12O2/c1-5-7(9-4)6(2)8-3/h5H,2H2,1,3-4H3/b7-5+. The number of ether oxygens (including phenoxy) is 2. The third-order valence-corrected chi connectivity index (χ3v) is 1.00. The van der Waals surface area contributed by atoms with Crippen LogP contribution in [0.3, 0.4) is 0 Å². The molecule has 0 N–H and O–H groups in total. The summed E-state index contributed by atoms with van der Waals surface area (Å²) in [5.74, 6) is 1.23. The summed E-state index contributed by atoms with van der Waals surface area (Å²) in [4.78, 5) is 0. The minimum absolute atomic E-state index is 0.556. The molecule has 0 aromatic rings. The van der Waals surface area contributed by atoms with Crippen LogP contribution in [0.5, 0.6) is 0 Å². The van der Waals surface area contributed by atoms with Gasteiger partial charge in [-0.25, -0.2) is 0 Å². The lowest BCUT2D eigenvalue weighted by Crippen LogP contribution is -1.91. The van der Waals surface area contributed by atoms with Crippen molar-refractivity contribution in [1.82, 2.24) is 0 Å². The fraction of sp³-hybridized carbons (Fsp3) is 0.429. The second-order valence-corrected chi connectivity index (χ2v) is 1.48. The highest BCUT2D eigenvalue weighted by atomic mass is 16.5. The molecule has 0 unspecified atom stereocenters. The first-order valence-corrected chi connectivity index (χ1v) is 2.69. The Morgan fingerprint density at radius 2 is 1.89 bits per heavy atom. The Kier molecular flexibility index (Phi) is 3.60. The Hall–Kier alpha value is -0.920. The highest BCUT2D eigenvalue weighted by Crippen LogP contribution is 2.06. The van der Waals surface area contributed by atoms with Crippen molar-refractivity contribution in [2.75, 3.05) is 14.2 Å². The molecule has 52 valence electrons. The van der Waals surface area contributed by atoms with Crippen LogP contribution in [-0.4, -0.2) is 14.2 Å². The summed E-state index contributed by atoms with van der Waals surface area (Å²) in [6, 6.07) is 0. The molecule has 0 radical (unpaired) electrons. The van der Waals surface area contributed by atoms with Crippen molar-refractivity contribution in [3.63, 3.8) is 0 Å². The lowest BCUT2D eigenvalue weighted by molar-refractivity contribution is 0.221. The molecule has 0 rings (SSSR count). The summed E-state index contributed by atoms with van der Waals surface area (Å²) >= 11 is 0. The van der Waals surface area contributed by atoms with Gasteiger partial charge in [-0.15, -0.1) is 0 Å². The van der Waals surface area contributed by atoms with Crippen LogP contribution >= 0.6 is 0 Å². The molecule has 0 aromatic carbocycles. The monoisotopic (exact) mass is 128 g/mol. The van der Waals surface area contributed by atoms with E-state index in [9.17, 15) is 0 Å². The Labute approximate surface area is 55.8 Å². The molecular weight excluding hydrogens is 116 g/mol. The molecule has 2 nitrogen and oxygen atoms in total. The van der Waals surface area contributed by atoms with Crippen molar-refractivity contribution >= 4 is 0 Å². The van der Waals surface area contributed by atoms with E-state index in [1.807, 2.05) is 6.92 Å². The molecule has 0 saturated heterocycles. The maximum atomic E-state index is 4.89. The van der Waals surface area contributed by atoms with Crippen molar-refractivity contribution in [2.45, 2.75) is 6.92 Å². The van der Waals surface area contributed by atoms with Crippen LogP contribution in [0.25, 0.3) is 0 Å². The molecule has 0 aliphatic heterocycles. The maximum Gasteiger partial charge on any atom is 0.155 e. The van der Waals surface area contributed by atoms with Gasteiger partial charge in [-0.05, 0) is 13.0 Å². The molecule has 0 fully saturated rings. The number of hydrogen-bond donors (Lipinski definition) is 0. The summed E-state index contributed by atoms with van der Waals surface area (Å²) in [6.45, 7) is 5.46. The van der Waals surface area contributed by atoms with Crippen molar-refractivity contribution < 1.29 is 9.47 Å². The zero-order valence-electron chi connectivity index (χ0n) is 6.10. The predicted octanol–water partition coefficient (Wildman–Crippen LogP) is 1.70. The van der Waals surface area contributed by atoms with Gasteiger partial charge in [-0.2, -0.15) is 0 Å². The first kappa shape index (κ1) is 8.08. The summed E-state index contributed by atoms with van der Waals surface area (Å²) in [5, 5.41) is 0. The first-order valence-electron chi connectivity index (χ1n) is 2.69. The van der Waals surface area contributed by atoms with E-state index in [0.717, 1.165) is 0 Å². The average Bonchev–Trinajstić information content (AvgIpc) is 1.90. The van der Waals surface area contributed by atoms with Crippen molar-refractivity contribution in [3.05, 3.63) is 24.2 Å². The topological polar surface area (TPSA) is 18.5 Å². The van der Waals surface area contributed by atoms with Gasteiger partial charge < -0.3 is 9.47 Å². The van der Waals surface area contributed by atoms with Crippen LogP contribution in [0, 0.1) is 0 Å². The quantitative estimate of drug-likeness (QED) is 0.425. The second-order valence-electron chi connectivity index (χ2n) is 1.48. The molecule has 0 heterocycles. The van der Waals surface area contributed by atoms with E-state index in [1.54, 1.807) is 20.3 Å². The summed E-state index contributed by atoms with van der Waals surface area (Å²) < 4.78 is 9.70. The van der Waals surface area contributed by atoms with Gasteiger partial charge in [0.25, 0.3) is 0 Å². The third kappa shape index (κ3) is 2.22. The van der Waals surface area contributed by atoms with Crippen molar-refractivity contribution in [1.29, 1.82) is 0 Å². The smallest absolute Gasteiger partial charge is 0.155 e. The average molecular weight is 128 g/mol. The largest absolute Gasteiger partial charge is 0.494 e. The van der Waals surface area contributed by atoms with Crippen LogP contribution in [0.2, 0.25) is 0 Å². The molecule has 0 aromatic heterocycles. The predicted molar refractivity (Wildman–Crippen MR) is 36.9 cm³/mol. The third-order valence-electron chi connectivity index (χ3n) is 1.00. The second kappa shape index (κ2) is 4.01. The molecule has 0 atom stereocenters. The molecule has 2 heteroatoms. The molecule has 0 spiro atoms. The molecule has 0 saturated carbocycles. The Morgan fingerprint density at radius 3 is 2.00 bits per heavy atom. The molecule has 0 bridgehead atoms. The van der Waals surface area contributed by atoms with Gasteiger partial charge in [0.1, 0.15) is 0 Å². The van der Waals surface area contributed by atoms with Gasteiger partial charge in [0.05, 0.1) is 14.2 Å². The maximum absolute atomic E-state index is 4.89. The fourth-order valence-corrected chi connectivity index (χ4v) is 0.493. The van der Waals surface area contributed by atoms with Gasteiger partial charge in [-0.3, -0.25) is 0 Å². The first-order chi connectivity index (χ1) is 4.26. The molecule has 0 aliphatic rings. The van der Waals surface area contributed by atoms with Crippen LogP contribution in [0.1, 0.15) is 6.92 Å². The highest BCUT2D eigenvalue weighted by molar-refractivity contribution is 5.15. The van der Waals surface area contributed by atoms with E-state index in [-0.39, 0.29) is 0 Å². The molecule has 0 amide bonds. The van der Waals surface area contributed by atoms with Gasteiger partial charge in [0, 0.05) is 0 Å². The van der Waals surface area contributed by atoms with Gasteiger partial charge in [0.15, 0.2) is 11.5 Å². The summed E-state index contributed by atoms with van der Waals surface area (Å²) in [5.41, 5.74) is 0. The van der Waals surface area contributed by atoms with E-state index in [2.05, 4.69) is 6.58 Å². The fourth-order valence-electron chi connectivity index (χ4n) is 0.493. The molecule has 0 aliphatic carbocycles. The minimum Gasteiger partial charge on any atom is -0.494 e. The number of methoxy groups -OCH3 is 2.